The zero-order valence-electron chi connectivity index (χ0n) is 12.2. The molecule has 0 saturated heterocycles. The van der Waals surface area contributed by atoms with Crippen LogP contribution in [-0.4, -0.2) is 16.5 Å². The van der Waals surface area contributed by atoms with Gasteiger partial charge in [-0.1, -0.05) is 12.1 Å². The Morgan fingerprint density at radius 3 is 2.40 bits per heavy atom. The summed E-state index contributed by atoms with van der Waals surface area (Å²) in [7, 11) is 0. The molecule has 2 aromatic rings. The van der Waals surface area contributed by atoms with E-state index in [1.165, 1.54) is 11.1 Å². The summed E-state index contributed by atoms with van der Waals surface area (Å²) in [5.41, 5.74) is 4.34. The van der Waals surface area contributed by atoms with Gasteiger partial charge in [-0.3, -0.25) is 0 Å². The van der Waals surface area contributed by atoms with Crippen molar-refractivity contribution in [2.24, 2.45) is 0 Å². The molecule has 0 aliphatic heterocycles. The predicted molar refractivity (Wildman–Crippen MR) is 84.7 cm³/mol. The van der Waals surface area contributed by atoms with Gasteiger partial charge in [-0.2, -0.15) is 4.98 Å². The Bertz CT molecular complexity index is 600. The highest BCUT2D eigenvalue weighted by atomic mass is 15.1. The van der Waals surface area contributed by atoms with E-state index in [4.69, 9.17) is 0 Å². The second-order valence-electron chi connectivity index (χ2n) is 4.89. The molecular formula is C16H20N4. The Morgan fingerprint density at radius 1 is 1.05 bits per heavy atom. The van der Waals surface area contributed by atoms with E-state index in [2.05, 4.69) is 59.2 Å². The summed E-state index contributed by atoms with van der Waals surface area (Å²) in [6.07, 6.45) is 1.80. The molecule has 1 aromatic carbocycles. The van der Waals surface area contributed by atoms with Gasteiger partial charge in [-0.05, 0) is 44.0 Å². The molecular weight excluding hydrogens is 248 g/mol. The van der Waals surface area contributed by atoms with E-state index in [-0.39, 0.29) is 0 Å². The van der Waals surface area contributed by atoms with Crippen molar-refractivity contribution in [1.29, 1.82) is 0 Å². The van der Waals surface area contributed by atoms with Crippen molar-refractivity contribution >= 4 is 17.5 Å². The zero-order valence-corrected chi connectivity index (χ0v) is 12.2. The summed E-state index contributed by atoms with van der Waals surface area (Å²) < 4.78 is 0. The molecule has 0 bridgehead atoms. The standard InChI is InChI=1S/C16H20N4/c1-5-6-17-15-10-13(4)18-16(20-15)19-14-8-11(2)7-12(3)9-14/h5,7-10H,1,6H2,2-4H3,(H2,17,18,19,20). The fraction of sp³-hybridized carbons (Fsp3) is 0.250. The lowest BCUT2D eigenvalue weighted by Gasteiger charge is -2.10. The number of hydrogen-bond acceptors (Lipinski definition) is 4. The van der Waals surface area contributed by atoms with Crippen LogP contribution in [0, 0.1) is 20.8 Å². The van der Waals surface area contributed by atoms with Gasteiger partial charge in [-0.15, -0.1) is 6.58 Å². The van der Waals surface area contributed by atoms with Crippen LogP contribution in [-0.2, 0) is 0 Å². The van der Waals surface area contributed by atoms with Gasteiger partial charge < -0.3 is 10.6 Å². The molecule has 0 aliphatic carbocycles. The quantitative estimate of drug-likeness (QED) is 0.811. The number of aromatic nitrogens is 2. The summed E-state index contributed by atoms with van der Waals surface area (Å²) in [6, 6.07) is 8.21. The number of aryl methyl sites for hydroxylation is 3. The van der Waals surface area contributed by atoms with E-state index >= 15 is 0 Å². The Kier molecular flexibility index (Phi) is 4.35. The third-order valence-electron chi connectivity index (χ3n) is 2.76. The molecule has 0 fully saturated rings. The van der Waals surface area contributed by atoms with Crippen molar-refractivity contribution in [3.05, 3.63) is 53.7 Å². The van der Waals surface area contributed by atoms with Gasteiger partial charge in [0.05, 0.1) is 0 Å². The number of nitrogens with zero attached hydrogens (tertiary/aromatic N) is 2. The topological polar surface area (TPSA) is 49.8 Å². The first-order chi connectivity index (χ1) is 9.56. The zero-order chi connectivity index (χ0) is 14.5. The molecule has 2 N–H and O–H groups in total. The Balaban J connectivity index is 2.23. The lowest BCUT2D eigenvalue weighted by Crippen LogP contribution is -2.05. The van der Waals surface area contributed by atoms with Gasteiger partial charge in [0.1, 0.15) is 5.82 Å². The minimum absolute atomic E-state index is 0.599. The molecule has 4 nitrogen and oxygen atoms in total. The highest BCUT2D eigenvalue weighted by Crippen LogP contribution is 2.18. The van der Waals surface area contributed by atoms with Crippen LogP contribution in [0.25, 0.3) is 0 Å². The maximum absolute atomic E-state index is 4.44. The summed E-state index contributed by atoms with van der Waals surface area (Å²) in [5.74, 6) is 1.39. The lowest BCUT2D eigenvalue weighted by atomic mass is 10.1. The number of benzene rings is 1. The van der Waals surface area contributed by atoms with E-state index < -0.39 is 0 Å². The van der Waals surface area contributed by atoms with Gasteiger partial charge in [0.2, 0.25) is 5.95 Å². The number of hydrogen-bond donors (Lipinski definition) is 2. The molecule has 2 rings (SSSR count). The van der Waals surface area contributed by atoms with E-state index in [0.717, 1.165) is 17.2 Å². The Hall–Kier alpha value is -2.36. The van der Waals surface area contributed by atoms with Gasteiger partial charge >= 0.3 is 0 Å². The highest BCUT2D eigenvalue weighted by Gasteiger charge is 2.03. The number of rotatable bonds is 5. The highest BCUT2D eigenvalue weighted by molar-refractivity contribution is 5.57. The number of nitrogens with one attached hydrogen (secondary N) is 2. The van der Waals surface area contributed by atoms with Crippen molar-refractivity contribution in [3.63, 3.8) is 0 Å². The fourth-order valence-corrected chi connectivity index (χ4v) is 2.07. The maximum atomic E-state index is 4.44. The molecule has 0 unspecified atom stereocenters. The van der Waals surface area contributed by atoms with Gasteiger partial charge in [0.15, 0.2) is 0 Å². The Labute approximate surface area is 120 Å². The van der Waals surface area contributed by atoms with Crippen LogP contribution in [0.2, 0.25) is 0 Å². The molecule has 1 aromatic heterocycles. The average molecular weight is 268 g/mol. The van der Waals surface area contributed by atoms with Crippen molar-refractivity contribution in [2.75, 3.05) is 17.2 Å². The largest absolute Gasteiger partial charge is 0.366 e. The van der Waals surface area contributed by atoms with E-state index in [9.17, 15) is 0 Å². The first kappa shape index (κ1) is 14.1. The SMILES string of the molecule is C=CCNc1cc(C)nc(Nc2cc(C)cc(C)c2)n1. The molecule has 20 heavy (non-hydrogen) atoms. The van der Waals surface area contributed by atoms with Crippen molar-refractivity contribution in [2.45, 2.75) is 20.8 Å². The Morgan fingerprint density at radius 2 is 1.75 bits per heavy atom. The molecule has 1 heterocycles. The monoisotopic (exact) mass is 268 g/mol. The summed E-state index contributed by atoms with van der Waals surface area (Å²) in [6.45, 7) is 10.5. The third-order valence-corrected chi connectivity index (χ3v) is 2.76. The normalized spacial score (nSPS) is 10.2. The molecule has 0 radical (unpaired) electrons. The van der Waals surface area contributed by atoms with E-state index in [1.54, 1.807) is 6.08 Å². The van der Waals surface area contributed by atoms with Crippen molar-refractivity contribution in [1.82, 2.24) is 9.97 Å². The second-order valence-corrected chi connectivity index (χ2v) is 4.89. The molecule has 104 valence electrons. The van der Waals surface area contributed by atoms with Crippen molar-refractivity contribution < 1.29 is 0 Å². The minimum atomic E-state index is 0.599. The summed E-state index contributed by atoms with van der Waals surface area (Å²) >= 11 is 0. The molecule has 0 amide bonds. The van der Waals surface area contributed by atoms with Crippen LogP contribution >= 0.6 is 0 Å². The first-order valence-electron chi connectivity index (χ1n) is 6.62. The van der Waals surface area contributed by atoms with Crippen LogP contribution in [0.5, 0.6) is 0 Å². The molecule has 4 heteroatoms. The molecule has 0 aliphatic rings. The van der Waals surface area contributed by atoms with Gasteiger partial charge in [0, 0.05) is 24.0 Å². The predicted octanol–water partition coefficient (Wildman–Crippen LogP) is 3.74. The minimum Gasteiger partial charge on any atom is -0.366 e. The first-order valence-corrected chi connectivity index (χ1v) is 6.62. The fourth-order valence-electron chi connectivity index (χ4n) is 2.07. The summed E-state index contributed by atoms with van der Waals surface area (Å²) in [5, 5.41) is 6.43. The van der Waals surface area contributed by atoms with Crippen LogP contribution in [0.4, 0.5) is 17.5 Å². The smallest absolute Gasteiger partial charge is 0.229 e. The molecule has 0 saturated carbocycles. The van der Waals surface area contributed by atoms with Crippen molar-refractivity contribution in [3.8, 4) is 0 Å². The van der Waals surface area contributed by atoms with Crippen LogP contribution < -0.4 is 10.6 Å². The van der Waals surface area contributed by atoms with Gasteiger partial charge in [0.25, 0.3) is 0 Å². The number of anilines is 3. The molecule has 0 spiro atoms. The van der Waals surface area contributed by atoms with Gasteiger partial charge in [-0.25, -0.2) is 4.98 Å². The van der Waals surface area contributed by atoms with Crippen LogP contribution in [0.15, 0.2) is 36.9 Å². The lowest BCUT2D eigenvalue weighted by molar-refractivity contribution is 1.09. The van der Waals surface area contributed by atoms with Crippen LogP contribution in [0.3, 0.4) is 0 Å². The summed E-state index contributed by atoms with van der Waals surface area (Å²) in [4.78, 5) is 8.85. The second kappa shape index (κ2) is 6.19. The third kappa shape index (κ3) is 3.82. The molecule has 0 atom stereocenters. The van der Waals surface area contributed by atoms with E-state index in [1.807, 2.05) is 13.0 Å². The maximum Gasteiger partial charge on any atom is 0.229 e. The van der Waals surface area contributed by atoms with Crippen LogP contribution in [0.1, 0.15) is 16.8 Å². The van der Waals surface area contributed by atoms with E-state index in [0.29, 0.717) is 12.5 Å². The average Bonchev–Trinajstić information content (AvgIpc) is 2.34.